The van der Waals surface area contributed by atoms with Crippen molar-refractivity contribution in [2.24, 2.45) is 0 Å². The molecule has 0 saturated carbocycles. The predicted molar refractivity (Wildman–Crippen MR) is 46.7 cm³/mol. The number of aliphatic carboxylic acids is 1. The van der Waals surface area contributed by atoms with E-state index in [4.69, 9.17) is 5.11 Å². The Kier molecular flexibility index (Phi) is 2.53. The first-order chi connectivity index (χ1) is 5.85. The van der Waals surface area contributed by atoms with Gasteiger partial charge in [0.2, 0.25) is 0 Å². The van der Waals surface area contributed by atoms with Gasteiger partial charge in [-0.1, -0.05) is 0 Å². The molecule has 1 amide bonds. The highest BCUT2D eigenvalue weighted by Gasteiger charge is 2.48. The molecule has 1 rings (SSSR count). The molecule has 2 unspecified atom stereocenters. The van der Waals surface area contributed by atoms with Crippen LogP contribution in [0.2, 0.25) is 0 Å². The van der Waals surface area contributed by atoms with Crippen LogP contribution in [0.3, 0.4) is 0 Å². The van der Waals surface area contributed by atoms with E-state index in [0.717, 1.165) is 0 Å². The first kappa shape index (κ1) is 10.3. The monoisotopic (exact) mass is 205 g/mol. The lowest BCUT2D eigenvalue weighted by atomic mass is 10.1. The molecule has 74 valence electrons. The molecule has 6 heteroatoms. The largest absolute Gasteiger partial charge is 0.615 e. The molecule has 13 heavy (non-hydrogen) atoms. The first-order valence-electron chi connectivity index (χ1n) is 3.78. The summed E-state index contributed by atoms with van der Waals surface area (Å²) < 4.78 is 10.4. The summed E-state index contributed by atoms with van der Waals surface area (Å²) in [6, 6.07) is -1.01. The molecule has 1 fully saturated rings. The van der Waals surface area contributed by atoms with Crippen molar-refractivity contribution in [2.75, 3.05) is 5.75 Å². The maximum Gasteiger partial charge on any atom is 0.331 e. The maximum absolute atomic E-state index is 11.4. The van der Waals surface area contributed by atoms with Crippen molar-refractivity contribution in [3.8, 4) is 0 Å². The molecule has 5 nitrogen and oxygen atoms in total. The van der Waals surface area contributed by atoms with E-state index in [-0.39, 0.29) is 5.75 Å². The molecule has 0 aromatic heterocycles. The zero-order valence-corrected chi connectivity index (χ0v) is 8.18. The van der Waals surface area contributed by atoms with E-state index in [1.807, 2.05) is 0 Å². The molecular weight excluding hydrogens is 194 g/mol. The topological polar surface area (TPSA) is 89.5 Å². The van der Waals surface area contributed by atoms with Gasteiger partial charge in [-0.25, -0.2) is 4.79 Å². The van der Waals surface area contributed by atoms with E-state index in [0.29, 0.717) is 0 Å². The van der Waals surface area contributed by atoms with Crippen LogP contribution in [-0.4, -0.2) is 38.1 Å². The van der Waals surface area contributed by atoms with E-state index in [9.17, 15) is 14.1 Å². The molecule has 2 atom stereocenters. The van der Waals surface area contributed by atoms with Gasteiger partial charge in [-0.05, 0) is 25.0 Å². The smallest absolute Gasteiger partial charge is 0.331 e. The maximum atomic E-state index is 11.4. The van der Waals surface area contributed by atoms with Crippen molar-refractivity contribution in [1.82, 2.24) is 5.32 Å². The van der Waals surface area contributed by atoms with Crippen LogP contribution >= 0.6 is 0 Å². The number of amides is 1. The summed E-state index contributed by atoms with van der Waals surface area (Å²) in [5, 5.41) is 10.9. The van der Waals surface area contributed by atoms with Crippen molar-refractivity contribution in [3.05, 3.63) is 0 Å². The van der Waals surface area contributed by atoms with Crippen LogP contribution < -0.4 is 5.32 Å². The third-order valence-electron chi connectivity index (χ3n) is 2.04. The third-order valence-corrected chi connectivity index (χ3v) is 4.00. The number of rotatable bonds is 1. The van der Waals surface area contributed by atoms with Crippen LogP contribution in [0, 0.1) is 0 Å². The van der Waals surface area contributed by atoms with Crippen molar-refractivity contribution < 1.29 is 19.2 Å². The van der Waals surface area contributed by atoms with Crippen LogP contribution in [0.4, 0.5) is 0 Å². The fraction of sp³-hybridized carbons (Fsp3) is 0.714. The van der Waals surface area contributed by atoms with Crippen LogP contribution in [0.1, 0.15) is 13.8 Å². The fourth-order valence-corrected chi connectivity index (χ4v) is 2.18. The summed E-state index contributed by atoms with van der Waals surface area (Å²) in [5.41, 5.74) is 0. The van der Waals surface area contributed by atoms with Gasteiger partial charge in [-0.2, -0.15) is 0 Å². The van der Waals surface area contributed by atoms with E-state index in [2.05, 4.69) is 5.32 Å². The van der Waals surface area contributed by atoms with Crippen molar-refractivity contribution >= 4 is 23.1 Å². The lowest BCUT2D eigenvalue weighted by molar-refractivity contribution is -0.141. The first-order valence-corrected chi connectivity index (χ1v) is 5.10. The van der Waals surface area contributed by atoms with Crippen molar-refractivity contribution in [1.29, 1.82) is 0 Å². The second kappa shape index (κ2) is 3.19. The van der Waals surface area contributed by atoms with Gasteiger partial charge in [0.15, 0.2) is 10.8 Å². The zero-order chi connectivity index (χ0) is 10.2. The Morgan fingerprint density at radius 1 is 1.77 bits per heavy atom. The highest BCUT2D eigenvalue weighted by Crippen LogP contribution is 2.22. The van der Waals surface area contributed by atoms with Crippen LogP contribution in [0.25, 0.3) is 0 Å². The summed E-state index contributed by atoms with van der Waals surface area (Å²) in [6.07, 6.45) is 0. The number of hydrogen-bond acceptors (Lipinski definition) is 3. The summed E-state index contributed by atoms with van der Waals surface area (Å²) in [6.45, 7) is 3.08. The number of carboxylic acids is 1. The average Bonchev–Trinajstić information content (AvgIpc) is 2.00. The molecule has 0 aromatic rings. The summed E-state index contributed by atoms with van der Waals surface area (Å²) in [7, 11) is 0. The standard InChI is InChI=1S/C7H11NO4S/c1-7(2)6(11)8-4(5(9)10)3-13(7)12/h4H,3H2,1-2H3,(H,8,11)(H,9,10). The Morgan fingerprint density at radius 2 is 2.31 bits per heavy atom. The highest BCUT2D eigenvalue weighted by atomic mass is 32.2. The Labute approximate surface area is 78.7 Å². The number of carbonyl (C=O) groups excluding carboxylic acids is 1. The quantitative estimate of drug-likeness (QED) is 0.543. The molecule has 0 aromatic carbocycles. The summed E-state index contributed by atoms with van der Waals surface area (Å²) in [4.78, 5) is 21.8. The molecule has 0 radical (unpaired) electrons. The van der Waals surface area contributed by atoms with Gasteiger partial charge in [0.05, 0.1) is 0 Å². The Balaban J connectivity index is 2.79. The Hall–Kier alpha value is -0.750. The molecule has 1 aliphatic rings. The molecule has 0 bridgehead atoms. The number of nitrogens with one attached hydrogen (secondary N) is 1. The van der Waals surface area contributed by atoms with E-state index in [1.165, 1.54) is 13.8 Å². The van der Waals surface area contributed by atoms with Gasteiger partial charge in [0.25, 0.3) is 5.91 Å². The SMILES string of the molecule is CC1(C)C(=O)NC(C(=O)O)C[S+]1[O-]. The summed E-state index contributed by atoms with van der Waals surface area (Å²) in [5.74, 6) is -1.63. The van der Waals surface area contributed by atoms with E-state index >= 15 is 0 Å². The average molecular weight is 205 g/mol. The van der Waals surface area contributed by atoms with Crippen molar-refractivity contribution in [3.63, 3.8) is 0 Å². The Morgan fingerprint density at radius 3 is 2.69 bits per heavy atom. The number of hydrogen-bond donors (Lipinski definition) is 2. The van der Waals surface area contributed by atoms with Gasteiger partial charge < -0.3 is 15.0 Å². The molecule has 1 saturated heterocycles. The molecule has 0 aliphatic carbocycles. The molecule has 0 spiro atoms. The van der Waals surface area contributed by atoms with Crippen LogP contribution in [-0.2, 0) is 20.8 Å². The van der Waals surface area contributed by atoms with Gasteiger partial charge in [-0.3, -0.25) is 4.79 Å². The van der Waals surface area contributed by atoms with Gasteiger partial charge in [0.1, 0.15) is 5.75 Å². The highest BCUT2D eigenvalue weighted by molar-refractivity contribution is 7.93. The van der Waals surface area contributed by atoms with Crippen LogP contribution in [0.15, 0.2) is 0 Å². The minimum Gasteiger partial charge on any atom is -0.615 e. The minimum absolute atomic E-state index is 0.0198. The second-order valence-corrected chi connectivity index (χ2v) is 5.43. The van der Waals surface area contributed by atoms with E-state index in [1.54, 1.807) is 0 Å². The molecule has 2 N–H and O–H groups in total. The van der Waals surface area contributed by atoms with Crippen LogP contribution in [0.5, 0.6) is 0 Å². The molecular formula is C7H11NO4S. The van der Waals surface area contributed by atoms with Gasteiger partial charge in [-0.15, -0.1) is 0 Å². The van der Waals surface area contributed by atoms with Gasteiger partial charge in [0, 0.05) is 0 Å². The normalized spacial score (nSPS) is 32.4. The number of carbonyl (C=O) groups is 2. The zero-order valence-electron chi connectivity index (χ0n) is 7.36. The fourth-order valence-electron chi connectivity index (χ4n) is 0.970. The third kappa shape index (κ3) is 1.78. The lowest BCUT2D eigenvalue weighted by Crippen LogP contribution is -2.62. The minimum atomic E-state index is -1.42. The lowest BCUT2D eigenvalue weighted by Gasteiger charge is -2.34. The Bertz CT molecular complexity index is 253. The second-order valence-electron chi connectivity index (χ2n) is 3.39. The molecule has 1 aliphatic heterocycles. The summed E-state index contributed by atoms with van der Waals surface area (Å²) >= 11 is -1.42. The predicted octanol–water partition coefficient (Wildman–Crippen LogP) is -0.903. The van der Waals surface area contributed by atoms with E-state index < -0.39 is 33.8 Å². The van der Waals surface area contributed by atoms with Gasteiger partial charge >= 0.3 is 5.97 Å². The number of carboxylic acid groups (broad SMARTS) is 1. The van der Waals surface area contributed by atoms with Crippen molar-refractivity contribution in [2.45, 2.75) is 24.6 Å². The molecule has 1 heterocycles.